The quantitative estimate of drug-likeness (QED) is 0.809. The average Bonchev–Trinajstić information content (AvgIpc) is 2.47. The summed E-state index contributed by atoms with van der Waals surface area (Å²) in [6.45, 7) is -0.182. The van der Waals surface area contributed by atoms with Crippen LogP contribution in [-0.4, -0.2) is 6.03 Å². The Labute approximate surface area is 128 Å². The number of carbonyl (C=O) groups is 1. The number of benzene rings is 2. The van der Waals surface area contributed by atoms with Crippen LogP contribution in [0.4, 0.5) is 32.4 Å². The molecule has 0 fully saturated rings. The second kappa shape index (κ2) is 6.64. The monoisotopic (exact) mass is 330 g/mol. The van der Waals surface area contributed by atoms with Gasteiger partial charge in [0.15, 0.2) is 0 Å². The van der Waals surface area contributed by atoms with Crippen molar-refractivity contribution in [1.82, 2.24) is 5.32 Å². The number of anilines is 1. The summed E-state index contributed by atoms with van der Waals surface area (Å²) in [6.07, 6.45) is -4.48. The fraction of sp³-hybridized carbons (Fsp3) is 0.133. The van der Waals surface area contributed by atoms with Crippen molar-refractivity contribution in [3.63, 3.8) is 0 Å². The smallest absolute Gasteiger partial charge is 0.334 e. The summed E-state index contributed by atoms with van der Waals surface area (Å²) in [5.41, 5.74) is -0.843. The molecule has 0 heterocycles. The van der Waals surface area contributed by atoms with Gasteiger partial charge in [-0.05, 0) is 29.8 Å². The third-order valence-corrected chi connectivity index (χ3v) is 2.89. The molecule has 2 N–H and O–H groups in total. The fourth-order valence-electron chi connectivity index (χ4n) is 1.80. The van der Waals surface area contributed by atoms with Gasteiger partial charge >= 0.3 is 12.2 Å². The highest BCUT2D eigenvalue weighted by Gasteiger charge is 2.30. The zero-order chi connectivity index (χ0) is 17.0. The normalized spacial score (nSPS) is 11.2. The van der Waals surface area contributed by atoms with Crippen molar-refractivity contribution in [1.29, 1.82) is 0 Å². The van der Waals surface area contributed by atoms with Crippen LogP contribution in [-0.2, 0) is 12.7 Å². The van der Waals surface area contributed by atoms with Crippen molar-refractivity contribution in [2.24, 2.45) is 0 Å². The van der Waals surface area contributed by atoms with E-state index in [1.54, 1.807) is 0 Å². The minimum atomic E-state index is -4.48. The van der Waals surface area contributed by atoms with E-state index in [9.17, 15) is 26.7 Å². The van der Waals surface area contributed by atoms with Crippen LogP contribution in [0.1, 0.15) is 11.1 Å². The molecule has 0 aliphatic heterocycles. The summed E-state index contributed by atoms with van der Waals surface area (Å²) in [5.74, 6) is -1.75. The molecule has 0 unspecified atom stereocenters. The topological polar surface area (TPSA) is 41.1 Å². The lowest BCUT2D eigenvalue weighted by atomic mass is 10.1. The molecule has 0 aromatic heterocycles. The minimum Gasteiger partial charge on any atom is -0.334 e. The molecule has 122 valence electrons. The van der Waals surface area contributed by atoms with Crippen LogP contribution in [0.3, 0.4) is 0 Å². The second-order valence-corrected chi connectivity index (χ2v) is 4.63. The van der Waals surface area contributed by atoms with E-state index < -0.39 is 29.4 Å². The summed E-state index contributed by atoms with van der Waals surface area (Å²) >= 11 is 0. The van der Waals surface area contributed by atoms with Gasteiger partial charge in [0.2, 0.25) is 0 Å². The highest BCUT2D eigenvalue weighted by Crippen LogP contribution is 2.29. The fourth-order valence-corrected chi connectivity index (χ4v) is 1.80. The standard InChI is InChI=1S/C15H11F5N2O/c16-11-4-5-13(12(17)7-11)22-14(23)21-8-9-2-1-3-10(6-9)15(18,19)20/h1-7H,8H2,(H2,21,22,23). The number of urea groups is 1. The summed E-state index contributed by atoms with van der Waals surface area (Å²) < 4.78 is 63.8. The zero-order valence-corrected chi connectivity index (χ0v) is 11.5. The Bertz CT molecular complexity index is 715. The molecule has 0 saturated heterocycles. The Hall–Kier alpha value is -2.64. The maximum Gasteiger partial charge on any atom is 0.416 e. The van der Waals surface area contributed by atoms with Gasteiger partial charge in [-0.15, -0.1) is 0 Å². The van der Waals surface area contributed by atoms with Crippen LogP contribution >= 0.6 is 0 Å². The van der Waals surface area contributed by atoms with E-state index in [1.807, 2.05) is 0 Å². The van der Waals surface area contributed by atoms with Crippen LogP contribution in [0.15, 0.2) is 42.5 Å². The molecule has 0 aliphatic carbocycles. The van der Waals surface area contributed by atoms with Crippen LogP contribution in [0.5, 0.6) is 0 Å². The molecule has 2 aromatic carbocycles. The van der Waals surface area contributed by atoms with E-state index in [4.69, 9.17) is 0 Å². The minimum absolute atomic E-state index is 0.182. The van der Waals surface area contributed by atoms with Crippen LogP contribution in [0, 0.1) is 11.6 Å². The number of hydrogen-bond acceptors (Lipinski definition) is 1. The van der Waals surface area contributed by atoms with E-state index in [1.165, 1.54) is 12.1 Å². The van der Waals surface area contributed by atoms with Crippen molar-refractivity contribution in [3.05, 3.63) is 65.2 Å². The van der Waals surface area contributed by atoms with Gasteiger partial charge in [-0.2, -0.15) is 13.2 Å². The Morgan fingerprint density at radius 1 is 1.04 bits per heavy atom. The number of rotatable bonds is 3. The number of halogens is 5. The van der Waals surface area contributed by atoms with Crippen molar-refractivity contribution in [2.45, 2.75) is 12.7 Å². The summed E-state index contributed by atoms with van der Waals surface area (Å²) in [4.78, 5) is 11.6. The molecule has 0 aliphatic rings. The summed E-state index contributed by atoms with van der Waals surface area (Å²) in [6, 6.07) is 6.22. The van der Waals surface area contributed by atoms with Gasteiger partial charge in [0, 0.05) is 12.6 Å². The molecular weight excluding hydrogens is 319 g/mol. The molecule has 2 aromatic rings. The molecular formula is C15H11F5N2O. The highest BCUT2D eigenvalue weighted by atomic mass is 19.4. The number of alkyl halides is 3. The Balaban J connectivity index is 1.97. The number of hydrogen-bond donors (Lipinski definition) is 2. The molecule has 0 radical (unpaired) electrons. The van der Waals surface area contributed by atoms with Gasteiger partial charge in [0.05, 0.1) is 11.3 Å². The third kappa shape index (κ3) is 4.67. The van der Waals surface area contributed by atoms with Gasteiger partial charge in [-0.1, -0.05) is 12.1 Å². The first-order chi connectivity index (χ1) is 10.8. The molecule has 2 amide bonds. The van der Waals surface area contributed by atoms with Gasteiger partial charge in [-0.3, -0.25) is 0 Å². The van der Waals surface area contributed by atoms with Gasteiger partial charge < -0.3 is 10.6 Å². The maximum atomic E-state index is 13.4. The largest absolute Gasteiger partial charge is 0.416 e. The van der Waals surface area contributed by atoms with Crippen LogP contribution < -0.4 is 10.6 Å². The van der Waals surface area contributed by atoms with Gasteiger partial charge in [0.1, 0.15) is 11.6 Å². The highest BCUT2D eigenvalue weighted by molar-refractivity contribution is 5.89. The van der Waals surface area contributed by atoms with Gasteiger partial charge in [-0.25, -0.2) is 13.6 Å². The summed E-state index contributed by atoms with van der Waals surface area (Å²) in [5, 5.41) is 4.43. The molecule has 0 atom stereocenters. The summed E-state index contributed by atoms with van der Waals surface area (Å²) in [7, 11) is 0. The number of nitrogens with one attached hydrogen (secondary N) is 2. The Kier molecular flexibility index (Phi) is 4.83. The third-order valence-electron chi connectivity index (χ3n) is 2.89. The van der Waals surface area contributed by atoms with Crippen molar-refractivity contribution >= 4 is 11.7 Å². The molecule has 8 heteroatoms. The van der Waals surface area contributed by atoms with Crippen molar-refractivity contribution in [2.75, 3.05) is 5.32 Å². The molecule has 2 rings (SSSR count). The van der Waals surface area contributed by atoms with Crippen LogP contribution in [0.2, 0.25) is 0 Å². The Morgan fingerprint density at radius 2 is 1.78 bits per heavy atom. The zero-order valence-electron chi connectivity index (χ0n) is 11.5. The van der Waals surface area contributed by atoms with E-state index in [2.05, 4.69) is 10.6 Å². The first kappa shape index (κ1) is 16.7. The first-order valence-electron chi connectivity index (χ1n) is 6.42. The lowest BCUT2D eigenvalue weighted by Crippen LogP contribution is -2.28. The van der Waals surface area contributed by atoms with Gasteiger partial charge in [0.25, 0.3) is 0 Å². The Morgan fingerprint density at radius 3 is 2.43 bits per heavy atom. The predicted octanol–water partition coefficient (Wildman–Crippen LogP) is 4.31. The lowest BCUT2D eigenvalue weighted by Gasteiger charge is -2.11. The molecule has 0 spiro atoms. The van der Waals surface area contributed by atoms with Crippen molar-refractivity contribution < 1.29 is 26.7 Å². The van der Waals surface area contributed by atoms with E-state index in [-0.39, 0.29) is 17.8 Å². The molecule has 0 bridgehead atoms. The number of amides is 2. The SMILES string of the molecule is O=C(NCc1cccc(C(F)(F)F)c1)Nc1ccc(F)cc1F. The number of carbonyl (C=O) groups excluding carboxylic acids is 1. The van der Waals surface area contributed by atoms with Crippen LogP contribution in [0.25, 0.3) is 0 Å². The van der Waals surface area contributed by atoms with E-state index in [0.717, 1.165) is 24.3 Å². The maximum absolute atomic E-state index is 13.4. The van der Waals surface area contributed by atoms with Crippen molar-refractivity contribution in [3.8, 4) is 0 Å². The average molecular weight is 330 g/mol. The first-order valence-corrected chi connectivity index (χ1v) is 6.42. The molecule has 0 saturated carbocycles. The van der Waals surface area contributed by atoms with E-state index in [0.29, 0.717) is 6.07 Å². The molecule has 23 heavy (non-hydrogen) atoms. The van der Waals surface area contributed by atoms with E-state index >= 15 is 0 Å². The second-order valence-electron chi connectivity index (χ2n) is 4.63. The molecule has 3 nitrogen and oxygen atoms in total. The predicted molar refractivity (Wildman–Crippen MR) is 73.7 cm³/mol. The lowest BCUT2D eigenvalue weighted by molar-refractivity contribution is -0.137.